The van der Waals surface area contributed by atoms with Crippen molar-refractivity contribution in [2.75, 3.05) is 4.90 Å². The molecule has 2 rings (SSSR count). The predicted molar refractivity (Wildman–Crippen MR) is 85.0 cm³/mol. The number of carbonyl (C=O) groups is 1. The van der Waals surface area contributed by atoms with Crippen LogP contribution in [0, 0.1) is 16.7 Å². The molecule has 0 saturated heterocycles. The largest absolute Gasteiger partial charge is 0.343 e. The molecule has 1 aliphatic heterocycles. The van der Waals surface area contributed by atoms with Gasteiger partial charge in [0, 0.05) is 29.3 Å². The van der Waals surface area contributed by atoms with Gasteiger partial charge in [-0.05, 0) is 18.6 Å². The SMILES string of the molecule is CC1c2ccccc2N(/C=C(\C#N)C(=O)C(C)(C)C)C1C. The number of para-hydroxylation sites is 1. The first-order valence-electron chi connectivity index (χ1n) is 7.31. The maximum Gasteiger partial charge on any atom is 0.180 e. The van der Waals surface area contributed by atoms with Crippen LogP contribution in [0.2, 0.25) is 0 Å². The molecule has 0 amide bonds. The summed E-state index contributed by atoms with van der Waals surface area (Å²) >= 11 is 0. The third-order valence-electron chi connectivity index (χ3n) is 4.18. The molecule has 3 nitrogen and oxygen atoms in total. The summed E-state index contributed by atoms with van der Waals surface area (Å²) in [4.78, 5) is 14.4. The van der Waals surface area contributed by atoms with Gasteiger partial charge in [-0.25, -0.2) is 0 Å². The first-order valence-corrected chi connectivity index (χ1v) is 7.31. The van der Waals surface area contributed by atoms with E-state index in [9.17, 15) is 10.1 Å². The summed E-state index contributed by atoms with van der Waals surface area (Å²) in [7, 11) is 0. The number of anilines is 1. The van der Waals surface area contributed by atoms with Crippen molar-refractivity contribution < 1.29 is 4.79 Å². The number of rotatable bonds is 2. The van der Waals surface area contributed by atoms with Gasteiger partial charge in [0.2, 0.25) is 0 Å². The molecule has 110 valence electrons. The van der Waals surface area contributed by atoms with Gasteiger partial charge in [-0.15, -0.1) is 0 Å². The van der Waals surface area contributed by atoms with Gasteiger partial charge >= 0.3 is 0 Å². The fraction of sp³-hybridized carbons (Fsp3) is 0.444. The fourth-order valence-electron chi connectivity index (χ4n) is 2.70. The normalized spacial score (nSPS) is 21.9. The Morgan fingerprint density at radius 3 is 2.48 bits per heavy atom. The van der Waals surface area contributed by atoms with Crippen molar-refractivity contribution in [3.05, 3.63) is 41.6 Å². The summed E-state index contributed by atoms with van der Waals surface area (Å²) in [6, 6.07) is 10.5. The molecule has 2 atom stereocenters. The number of carbonyl (C=O) groups excluding carboxylic acids is 1. The summed E-state index contributed by atoms with van der Waals surface area (Å²) in [5, 5.41) is 9.35. The maximum absolute atomic E-state index is 12.4. The third kappa shape index (κ3) is 2.71. The molecule has 0 fully saturated rings. The van der Waals surface area contributed by atoms with Crippen molar-refractivity contribution in [2.24, 2.45) is 5.41 Å². The number of ketones is 1. The average molecular weight is 282 g/mol. The molecule has 1 aliphatic rings. The number of allylic oxidation sites excluding steroid dienone is 1. The Labute approximate surface area is 126 Å². The van der Waals surface area contributed by atoms with Crippen molar-refractivity contribution in [3.8, 4) is 6.07 Å². The van der Waals surface area contributed by atoms with E-state index in [1.54, 1.807) is 6.20 Å². The van der Waals surface area contributed by atoms with E-state index in [-0.39, 0.29) is 17.4 Å². The van der Waals surface area contributed by atoms with Gasteiger partial charge < -0.3 is 4.90 Å². The van der Waals surface area contributed by atoms with Gasteiger partial charge in [-0.1, -0.05) is 45.9 Å². The van der Waals surface area contributed by atoms with Crippen LogP contribution in [0.25, 0.3) is 0 Å². The highest BCUT2D eigenvalue weighted by atomic mass is 16.1. The molecule has 0 bridgehead atoms. The molecule has 21 heavy (non-hydrogen) atoms. The number of nitriles is 1. The second-order valence-electron chi connectivity index (χ2n) is 6.73. The first kappa shape index (κ1) is 15.3. The molecular weight excluding hydrogens is 260 g/mol. The monoisotopic (exact) mass is 282 g/mol. The van der Waals surface area contributed by atoms with Crippen molar-refractivity contribution >= 4 is 11.5 Å². The quantitative estimate of drug-likeness (QED) is 0.608. The number of nitrogens with zero attached hydrogens (tertiary/aromatic N) is 2. The zero-order valence-corrected chi connectivity index (χ0v) is 13.3. The maximum atomic E-state index is 12.4. The van der Waals surface area contributed by atoms with Crippen molar-refractivity contribution in [3.63, 3.8) is 0 Å². The van der Waals surface area contributed by atoms with Gasteiger partial charge in [-0.2, -0.15) is 5.26 Å². The van der Waals surface area contributed by atoms with Crippen LogP contribution in [0.15, 0.2) is 36.0 Å². The molecule has 0 aliphatic carbocycles. The molecule has 1 aromatic carbocycles. The molecule has 0 aromatic heterocycles. The molecule has 2 unspecified atom stereocenters. The van der Waals surface area contributed by atoms with Crippen LogP contribution in [0.3, 0.4) is 0 Å². The Morgan fingerprint density at radius 1 is 1.29 bits per heavy atom. The van der Waals surface area contributed by atoms with E-state index in [1.807, 2.05) is 39.0 Å². The van der Waals surface area contributed by atoms with Crippen LogP contribution < -0.4 is 4.90 Å². The number of benzene rings is 1. The molecule has 0 N–H and O–H groups in total. The zero-order chi connectivity index (χ0) is 15.8. The molecule has 0 spiro atoms. The van der Waals surface area contributed by atoms with Crippen LogP contribution in [0.1, 0.15) is 46.1 Å². The van der Waals surface area contributed by atoms with E-state index in [0.717, 1.165) is 5.69 Å². The predicted octanol–water partition coefficient (Wildman–Crippen LogP) is 4.02. The molecule has 1 heterocycles. The lowest BCUT2D eigenvalue weighted by molar-refractivity contribution is -0.122. The van der Waals surface area contributed by atoms with Gasteiger partial charge in [-0.3, -0.25) is 4.79 Å². The Morgan fingerprint density at radius 2 is 1.90 bits per heavy atom. The van der Waals surface area contributed by atoms with E-state index in [4.69, 9.17) is 0 Å². The topological polar surface area (TPSA) is 44.1 Å². The van der Waals surface area contributed by atoms with Crippen LogP contribution in [0.4, 0.5) is 5.69 Å². The smallest absolute Gasteiger partial charge is 0.180 e. The number of fused-ring (bicyclic) bond motifs is 1. The second kappa shape index (κ2) is 5.37. The highest BCUT2D eigenvalue weighted by Gasteiger charge is 2.33. The lowest BCUT2D eigenvalue weighted by Gasteiger charge is -2.24. The van der Waals surface area contributed by atoms with E-state index in [2.05, 4.69) is 30.9 Å². The molecule has 1 aromatic rings. The molecular formula is C18H22N2O. The minimum absolute atomic E-state index is 0.116. The van der Waals surface area contributed by atoms with E-state index in [1.165, 1.54) is 5.56 Å². The lowest BCUT2D eigenvalue weighted by atomic mass is 9.87. The van der Waals surface area contributed by atoms with Gasteiger partial charge in [0.15, 0.2) is 5.78 Å². The molecule has 0 saturated carbocycles. The standard InChI is InChI=1S/C18H22N2O/c1-12-13(2)20(16-9-7-6-8-15(12)16)11-14(10-19)17(21)18(3,4)5/h6-9,11-13H,1-5H3/b14-11+. The van der Waals surface area contributed by atoms with Gasteiger partial charge in [0.1, 0.15) is 11.6 Å². The molecule has 3 heteroatoms. The van der Waals surface area contributed by atoms with Crippen LogP contribution in [-0.2, 0) is 4.79 Å². The first-order chi connectivity index (χ1) is 9.77. The minimum atomic E-state index is -0.546. The Balaban J connectivity index is 2.45. The number of hydrogen-bond donors (Lipinski definition) is 0. The van der Waals surface area contributed by atoms with E-state index < -0.39 is 5.41 Å². The Hall–Kier alpha value is -2.08. The van der Waals surface area contributed by atoms with E-state index in [0.29, 0.717) is 5.92 Å². The van der Waals surface area contributed by atoms with Crippen molar-refractivity contribution in [1.82, 2.24) is 0 Å². The molecule has 0 radical (unpaired) electrons. The summed E-state index contributed by atoms with van der Waals surface area (Å²) in [6.07, 6.45) is 1.72. The van der Waals surface area contributed by atoms with Crippen LogP contribution >= 0.6 is 0 Å². The zero-order valence-electron chi connectivity index (χ0n) is 13.3. The third-order valence-corrected chi connectivity index (χ3v) is 4.18. The van der Waals surface area contributed by atoms with Gasteiger partial charge in [0.05, 0.1) is 0 Å². The Bertz CT molecular complexity index is 631. The van der Waals surface area contributed by atoms with Crippen molar-refractivity contribution in [1.29, 1.82) is 5.26 Å². The number of hydrogen-bond acceptors (Lipinski definition) is 3. The van der Waals surface area contributed by atoms with Crippen LogP contribution in [0.5, 0.6) is 0 Å². The second-order valence-corrected chi connectivity index (χ2v) is 6.73. The highest BCUT2D eigenvalue weighted by Crippen LogP contribution is 2.41. The lowest BCUT2D eigenvalue weighted by Crippen LogP contribution is -2.28. The van der Waals surface area contributed by atoms with Crippen molar-refractivity contribution in [2.45, 2.75) is 46.6 Å². The van der Waals surface area contributed by atoms with Gasteiger partial charge in [0.25, 0.3) is 0 Å². The summed E-state index contributed by atoms with van der Waals surface area (Å²) in [5.41, 5.74) is 2.03. The van der Waals surface area contributed by atoms with Crippen LogP contribution in [-0.4, -0.2) is 11.8 Å². The summed E-state index contributed by atoms with van der Waals surface area (Å²) < 4.78 is 0. The number of Topliss-reactive ketones (excluding diaryl/α,β-unsaturated/α-hetero) is 1. The summed E-state index contributed by atoms with van der Waals surface area (Å²) in [5.74, 6) is 0.261. The average Bonchev–Trinajstić information content (AvgIpc) is 2.68. The van der Waals surface area contributed by atoms with E-state index >= 15 is 0 Å². The summed E-state index contributed by atoms with van der Waals surface area (Å²) in [6.45, 7) is 9.81. The minimum Gasteiger partial charge on any atom is -0.343 e. The highest BCUT2D eigenvalue weighted by molar-refractivity contribution is 6.02. The Kier molecular flexibility index (Phi) is 3.91. The fourth-order valence-corrected chi connectivity index (χ4v) is 2.70.